The summed E-state index contributed by atoms with van der Waals surface area (Å²) >= 11 is 0. The van der Waals surface area contributed by atoms with E-state index < -0.39 is 45.9 Å². The largest absolute Gasteiger partial charge is 0.493 e. The SMILES string of the molecule is COc1cc(C=C2C(=O)N(C)C(=O)N(C)C2=O)ccc1Oc1ccc(C(F)(F)F)cc1[N+](=O)[O-]. The van der Waals surface area contributed by atoms with E-state index in [0.717, 1.165) is 15.9 Å². The van der Waals surface area contributed by atoms with Gasteiger partial charge in [0, 0.05) is 20.2 Å². The lowest BCUT2D eigenvalue weighted by molar-refractivity contribution is -0.385. The minimum Gasteiger partial charge on any atom is -0.493 e. The molecular weight excluding hydrogens is 463 g/mol. The second-order valence-electron chi connectivity index (χ2n) is 7.02. The van der Waals surface area contributed by atoms with E-state index in [1.165, 1.54) is 45.5 Å². The molecule has 1 heterocycles. The predicted octanol–water partition coefficient (Wildman–Crippen LogP) is 3.85. The molecule has 0 unspecified atom stereocenters. The number of hydrogen-bond acceptors (Lipinski definition) is 7. The Balaban J connectivity index is 1.98. The number of carbonyl (C=O) groups excluding carboxylic acids is 3. The molecule has 0 atom stereocenters. The van der Waals surface area contributed by atoms with Crippen molar-refractivity contribution in [2.24, 2.45) is 0 Å². The lowest BCUT2D eigenvalue weighted by Gasteiger charge is -2.28. The van der Waals surface area contributed by atoms with Crippen LogP contribution in [0.4, 0.5) is 23.7 Å². The molecule has 0 spiro atoms. The van der Waals surface area contributed by atoms with Gasteiger partial charge in [0.05, 0.1) is 17.6 Å². The number of nitro groups is 1. The van der Waals surface area contributed by atoms with Crippen molar-refractivity contribution in [2.75, 3.05) is 21.2 Å². The van der Waals surface area contributed by atoms with Crippen molar-refractivity contribution in [1.29, 1.82) is 0 Å². The summed E-state index contributed by atoms with van der Waals surface area (Å²) in [6, 6.07) is 5.05. The van der Waals surface area contributed by atoms with Gasteiger partial charge in [-0.05, 0) is 35.9 Å². The molecule has 2 aromatic rings. The molecule has 2 aromatic carbocycles. The predicted molar refractivity (Wildman–Crippen MR) is 110 cm³/mol. The summed E-state index contributed by atoms with van der Waals surface area (Å²) in [4.78, 5) is 48.4. The Morgan fingerprint density at radius 1 is 0.941 bits per heavy atom. The second kappa shape index (κ2) is 8.84. The van der Waals surface area contributed by atoms with E-state index in [0.29, 0.717) is 17.7 Å². The normalized spacial score (nSPS) is 14.4. The zero-order chi connectivity index (χ0) is 25.4. The van der Waals surface area contributed by atoms with Crippen LogP contribution >= 0.6 is 0 Å². The third-order valence-electron chi connectivity index (χ3n) is 4.85. The first kappa shape index (κ1) is 24.2. The number of nitrogens with zero attached hydrogens (tertiary/aromatic N) is 3. The number of alkyl halides is 3. The molecule has 0 saturated carbocycles. The summed E-state index contributed by atoms with van der Waals surface area (Å²) in [5, 5.41) is 11.3. The van der Waals surface area contributed by atoms with Crippen LogP contribution in [0.5, 0.6) is 17.2 Å². The van der Waals surface area contributed by atoms with E-state index in [-0.39, 0.29) is 17.1 Å². The number of amides is 4. The highest BCUT2D eigenvalue weighted by atomic mass is 19.4. The van der Waals surface area contributed by atoms with Crippen LogP contribution in [0, 0.1) is 10.1 Å². The van der Waals surface area contributed by atoms with Crippen LogP contribution in [0.1, 0.15) is 11.1 Å². The summed E-state index contributed by atoms with van der Waals surface area (Å²) < 4.78 is 49.4. The first-order valence-electron chi connectivity index (χ1n) is 9.38. The lowest BCUT2D eigenvalue weighted by atomic mass is 10.1. The molecule has 0 aliphatic carbocycles. The number of rotatable bonds is 5. The topological polar surface area (TPSA) is 119 Å². The van der Waals surface area contributed by atoms with Crippen molar-refractivity contribution in [3.05, 3.63) is 63.2 Å². The highest BCUT2D eigenvalue weighted by Gasteiger charge is 2.38. The van der Waals surface area contributed by atoms with Crippen LogP contribution in [0.2, 0.25) is 0 Å². The summed E-state index contributed by atoms with van der Waals surface area (Å²) in [6.07, 6.45) is -3.56. The molecule has 1 aliphatic heterocycles. The van der Waals surface area contributed by atoms with E-state index in [9.17, 15) is 37.7 Å². The van der Waals surface area contributed by atoms with Crippen molar-refractivity contribution in [3.8, 4) is 17.2 Å². The summed E-state index contributed by atoms with van der Waals surface area (Å²) in [7, 11) is 3.68. The number of likely N-dealkylation sites (N-methyl/N-ethyl adjacent to an activating group) is 2. The number of methoxy groups -OCH3 is 1. The van der Waals surface area contributed by atoms with E-state index in [1.807, 2.05) is 0 Å². The number of nitro benzene ring substituents is 1. The molecule has 1 saturated heterocycles. The smallest absolute Gasteiger partial charge is 0.416 e. The van der Waals surface area contributed by atoms with E-state index >= 15 is 0 Å². The Morgan fingerprint density at radius 2 is 1.53 bits per heavy atom. The number of ether oxygens (including phenoxy) is 2. The van der Waals surface area contributed by atoms with Gasteiger partial charge < -0.3 is 9.47 Å². The van der Waals surface area contributed by atoms with Gasteiger partial charge in [0.1, 0.15) is 5.57 Å². The number of barbiturate groups is 1. The quantitative estimate of drug-likeness (QED) is 0.277. The molecule has 13 heteroatoms. The molecule has 0 aromatic heterocycles. The van der Waals surface area contributed by atoms with Crippen LogP contribution in [0.3, 0.4) is 0 Å². The van der Waals surface area contributed by atoms with Gasteiger partial charge in [-0.2, -0.15) is 13.2 Å². The minimum absolute atomic E-state index is 0.0111. The lowest BCUT2D eigenvalue weighted by Crippen LogP contribution is -2.52. The Kier molecular flexibility index (Phi) is 6.30. The van der Waals surface area contributed by atoms with E-state index in [4.69, 9.17) is 9.47 Å². The summed E-state index contributed by atoms with van der Waals surface area (Å²) in [5.41, 5.74) is -2.12. The van der Waals surface area contributed by atoms with Gasteiger partial charge in [0.15, 0.2) is 11.5 Å². The fraction of sp³-hybridized carbons (Fsp3) is 0.190. The van der Waals surface area contributed by atoms with Gasteiger partial charge in [-0.3, -0.25) is 29.5 Å². The van der Waals surface area contributed by atoms with Gasteiger partial charge in [-0.25, -0.2) is 4.79 Å². The van der Waals surface area contributed by atoms with Gasteiger partial charge in [0.2, 0.25) is 5.75 Å². The average Bonchev–Trinajstić information content (AvgIpc) is 2.79. The highest BCUT2D eigenvalue weighted by Crippen LogP contribution is 2.40. The van der Waals surface area contributed by atoms with Crippen molar-refractivity contribution < 1.29 is 42.0 Å². The Hall–Kier alpha value is -4.42. The van der Waals surface area contributed by atoms with Gasteiger partial charge >= 0.3 is 17.9 Å². The van der Waals surface area contributed by atoms with Gasteiger partial charge in [0.25, 0.3) is 11.8 Å². The summed E-state index contributed by atoms with van der Waals surface area (Å²) in [5.74, 6) is -2.14. The second-order valence-corrected chi connectivity index (χ2v) is 7.02. The Labute approximate surface area is 189 Å². The van der Waals surface area contributed by atoms with Crippen molar-refractivity contribution >= 4 is 29.6 Å². The zero-order valence-electron chi connectivity index (χ0n) is 17.9. The number of carbonyl (C=O) groups is 3. The Morgan fingerprint density at radius 3 is 2.06 bits per heavy atom. The number of imide groups is 2. The monoisotopic (exact) mass is 479 g/mol. The summed E-state index contributed by atoms with van der Waals surface area (Å²) in [6.45, 7) is 0. The van der Waals surface area contributed by atoms with Crippen LogP contribution in [-0.4, -0.2) is 53.8 Å². The fourth-order valence-electron chi connectivity index (χ4n) is 3.04. The maximum Gasteiger partial charge on any atom is 0.416 e. The zero-order valence-corrected chi connectivity index (χ0v) is 17.9. The first-order valence-corrected chi connectivity index (χ1v) is 9.38. The van der Waals surface area contributed by atoms with Crippen LogP contribution in [-0.2, 0) is 15.8 Å². The molecule has 0 bridgehead atoms. The first-order chi connectivity index (χ1) is 15.8. The molecule has 0 radical (unpaired) electrons. The van der Waals surface area contributed by atoms with Gasteiger partial charge in [-0.15, -0.1) is 0 Å². The molecule has 178 valence electrons. The van der Waals surface area contributed by atoms with Crippen LogP contribution < -0.4 is 9.47 Å². The van der Waals surface area contributed by atoms with Crippen LogP contribution in [0.25, 0.3) is 6.08 Å². The molecule has 3 rings (SSSR count). The third-order valence-corrected chi connectivity index (χ3v) is 4.85. The molecular formula is C21H16F3N3O7. The maximum atomic E-state index is 12.9. The van der Waals surface area contributed by atoms with E-state index in [1.54, 1.807) is 0 Å². The average molecular weight is 479 g/mol. The van der Waals surface area contributed by atoms with Crippen molar-refractivity contribution in [2.45, 2.75) is 6.18 Å². The number of urea groups is 1. The number of benzene rings is 2. The molecule has 4 amide bonds. The number of halogens is 3. The molecule has 10 nitrogen and oxygen atoms in total. The minimum atomic E-state index is -4.78. The molecule has 1 aliphatic rings. The third kappa shape index (κ3) is 4.53. The molecule has 1 fully saturated rings. The Bertz CT molecular complexity index is 1210. The molecule has 0 N–H and O–H groups in total. The van der Waals surface area contributed by atoms with Gasteiger partial charge in [-0.1, -0.05) is 6.07 Å². The standard InChI is InChI=1S/C21H16F3N3O7/c1-25-18(28)13(19(29)26(2)20(25)30)8-11-4-6-16(17(9-11)33-3)34-15-7-5-12(21(22,23)24)10-14(15)27(31)32/h4-10H,1-3H3. The van der Waals surface area contributed by atoms with Crippen molar-refractivity contribution in [3.63, 3.8) is 0 Å². The van der Waals surface area contributed by atoms with E-state index in [2.05, 4.69) is 0 Å². The van der Waals surface area contributed by atoms with Crippen LogP contribution in [0.15, 0.2) is 42.0 Å². The van der Waals surface area contributed by atoms with Crippen molar-refractivity contribution in [1.82, 2.24) is 9.80 Å². The number of hydrogen-bond donors (Lipinski definition) is 0. The highest BCUT2D eigenvalue weighted by molar-refractivity contribution is 6.30. The molecule has 34 heavy (non-hydrogen) atoms. The maximum absolute atomic E-state index is 12.9. The fourth-order valence-corrected chi connectivity index (χ4v) is 3.04.